The van der Waals surface area contributed by atoms with E-state index in [1.54, 1.807) is 0 Å². The summed E-state index contributed by atoms with van der Waals surface area (Å²) in [6.07, 6.45) is 6.83. The number of nitrogens with zero attached hydrogens (tertiary/aromatic N) is 2. The summed E-state index contributed by atoms with van der Waals surface area (Å²) in [6.45, 7) is 0. The van der Waals surface area contributed by atoms with Gasteiger partial charge in [-0.2, -0.15) is 0 Å². The number of hydrogen-bond acceptors (Lipinski definition) is 5. The maximum Gasteiger partial charge on any atom is 0.358 e. The van der Waals surface area contributed by atoms with Crippen molar-refractivity contribution in [2.24, 2.45) is 0 Å². The van der Waals surface area contributed by atoms with Gasteiger partial charge in [-0.15, -0.1) is 0 Å². The summed E-state index contributed by atoms with van der Waals surface area (Å²) in [4.78, 5) is 20.6. The zero-order valence-corrected chi connectivity index (χ0v) is 12.2. The molecule has 1 aromatic rings. The lowest BCUT2D eigenvalue weighted by molar-refractivity contribution is 0.0593. The van der Waals surface area contributed by atoms with Crippen LogP contribution in [0.1, 0.15) is 60.8 Å². The fourth-order valence-corrected chi connectivity index (χ4v) is 2.80. The summed E-state index contributed by atoms with van der Waals surface area (Å²) in [6, 6.07) is 0.389. The minimum absolute atomic E-state index is 0.173. The quantitative estimate of drug-likeness (QED) is 0.865. The van der Waals surface area contributed by atoms with Crippen LogP contribution in [0.2, 0.25) is 5.02 Å². The zero-order valence-electron chi connectivity index (χ0n) is 11.5. The second kappa shape index (κ2) is 5.56. The summed E-state index contributed by atoms with van der Waals surface area (Å²) in [5.41, 5.74) is 0.173. The van der Waals surface area contributed by atoms with Crippen LogP contribution in [0.25, 0.3) is 0 Å². The number of rotatable bonds is 4. The Hall–Kier alpha value is -1.36. The Morgan fingerprint density at radius 2 is 1.95 bits per heavy atom. The van der Waals surface area contributed by atoms with E-state index < -0.39 is 5.97 Å². The second-order valence-electron chi connectivity index (χ2n) is 5.48. The number of anilines is 1. The summed E-state index contributed by atoms with van der Waals surface area (Å²) in [5.74, 6) is 1.14. The van der Waals surface area contributed by atoms with Gasteiger partial charge in [-0.25, -0.2) is 14.8 Å². The number of hydrogen-bond donors (Lipinski definition) is 1. The molecule has 6 heteroatoms. The third-order valence-corrected chi connectivity index (χ3v) is 4.24. The smallest absolute Gasteiger partial charge is 0.358 e. The number of halogens is 1. The standard InChI is InChI=1S/C14H18ClN3O2/c1-20-14(19)11-10(15)13(16-9-4-2-3-5-9)18-12(17-11)8-6-7-8/h8-9H,2-7H2,1H3,(H,16,17,18). The van der Waals surface area contributed by atoms with E-state index in [1.807, 2.05) is 0 Å². The van der Waals surface area contributed by atoms with Gasteiger partial charge >= 0.3 is 5.97 Å². The molecular weight excluding hydrogens is 278 g/mol. The third-order valence-electron chi connectivity index (χ3n) is 3.89. The number of esters is 1. The minimum atomic E-state index is -0.506. The van der Waals surface area contributed by atoms with Crippen molar-refractivity contribution in [1.82, 2.24) is 9.97 Å². The molecule has 1 heterocycles. The molecular formula is C14H18ClN3O2. The van der Waals surface area contributed by atoms with Crippen LogP contribution >= 0.6 is 11.6 Å². The molecule has 3 rings (SSSR count). The van der Waals surface area contributed by atoms with E-state index in [0.29, 0.717) is 23.6 Å². The summed E-state index contributed by atoms with van der Waals surface area (Å²) < 4.78 is 4.76. The van der Waals surface area contributed by atoms with Gasteiger partial charge in [-0.1, -0.05) is 24.4 Å². The first-order valence-corrected chi connectivity index (χ1v) is 7.49. The normalized spacial score (nSPS) is 19.1. The Bertz CT molecular complexity index is 525. The molecule has 20 heavy (non-hydrogen) atoms. The zero-order chi connectivity index (χ0) is 14.1. The molecule has 2 fully saturated rings. The molecule has 0 aromatic carbocycles. The molecule has 0 atom stereocenters. The first kappa shape index (κ1) is 13.6. The Labute approximate surface area is 123 Å². The molecule has 2 aliphatic carbocycles. The molecule has 0 spiro atoms. The van der Waals surface area contributed by atoms with Crippen molar-refractivity contribution in [2.75, 3.05) is 12.4 Å². The highest BCUT2D eigenvalue weighted by molar-refractivity contribution is 6.35. The third kappa shape index (κ3) is 2.73. The van der Waals surface area contributed by atoms with Crippen LogP contribution < -0.4 is 5.32 Å². The van der Waals surface area contributed by atoms with Crippen LogP contribution in [-0.4, -0.2) is 29.1 Å². The molecule has 5 nitrogen and oxygen atoms in total. The molecule has 108 valence electrons. The van der Waals surface area contributed by atoms with Gasteiger partial charge in [0, 0.05) is 12.0 Å². The van der Waals surface area contributed by atoms with E-state index in [-0.39, 0.29) is 10.7 Å². The van der Waals surface area contributed by atoms with Gasteiger partial charge in [-0.3, -0.25) is 0 Å². The van der Waals surface area contributed by atoms with E-state index >= 15 is 0 Å². The van der Waals surface area contributed by atoms with Crippen molar-refractivity contribution < 1.29 is 9.53 Å². The average molecular weight is 296 g/mol. The molecule has 0 amide bonds. The average Bonchev–Trinajstić information content (AvgIpc) is 3.18. The molecule has 0 radical (unpaired) electrons. The van der Waals surface area contributed by atoms with Crippen molar-refractivity contribution in [1.29, 1.82) is 0 Å². The van der Waals surface area contributed by atoms with Crippen LogP contribution in [0.4, 0.5) is 5.82 Å². The Morgan fingerprint density at radius 1 is 1.25 bits per heavy atom. The van der Waals surface area contributed by atoms with E-state index in [9.17, 15) is 4.79 Å². The number of carbonyl (C=O) groups excluding carboxylic acids is 1. The predicted octanol–water partition coefficient (Wildman–Crippen LogP) is 3.15. The van der Waals surface area contributed by atoms with Gasteiger partial charge in [0.25, 0.3) is 0 Å². The highest BCUT2D eigenvalue weighted by Crippen LogP contribution is 2.40. The molecule has 2 saturated carbocycles. The lowest BCUT2D eigenvalue weighted by Gasteiger charge is -2.16. The highest BCUT2D eigenvalue weighted by Gasteiger charge is 2.30. The Morgan fingerprint density at radius 3 is 2.55 bits per heavy atom. The lowest BCUT2D eigenvalue weighted by atomic mass is 10.2. The largest absolute Gasteiger partial charge is 0.464 e. The number of nitrogens with one attached hydrogen (secondary N) is 1. The van der Waals surface area contributed by atoms with Crippen LogP contribution in [0.5, 0.6) is 0 Å². The molecule has 0 aliphatic heterocycles. The van der Waals surface area contributed by atoms with Crippen LogP contribution in [-0.2, 0) is 4.74 Å². The van der Waals surface area contributed by atoms with Crippen molar-refractivity contribution >= 4 is 23.4 Å². The highest BCUT2D eigenvalue weighted by atomic mass is 35.5. The molecule has 1 N–H and O–H groups in total. The van der Waals surface area contributed by atoms with E-state index in [4.69, 9.17) is 16.3 Å². The molecule has 1 aromatic heterocycles. The summed E-state index contributed by atoms with van der Waals surface area (Å²) >= 11 is 6.27. The lowest BCUT2D eigenvalue weighted by Crippen LogP contribution is -2.19. The van der Waals surface area contributed by atoms with Crippen molar-refractivity contribution in [3.05, 3.63) is 16.5 Å². The summed E-state index contributed by atoms with van der Waals surface area (Å²) in [7, 11) is 1.33. The van der Waals surface area contributed by atoms with Crippen LogP contribution in [0, 0.1) is 0 Å². The van der Waals surface area contributed by atoms with E-state index in [0.717, 1.165) is 25.7 Å². The Kier molecular flexibility index (Phi) is 3.78. The first-order chi connectivity index (χ1) is 9.69. The van der Waals surface area contributed by atoms with Crippen LogP contribution in [0.3, 0.4) is 0 Å². The van der Waals surface area contributed by atoms with Crippen molar-refractivity contribution in [3.63, 3.8) is 0 Å². The molecule has 0 bridgehead atoms. The fourth-order valence-electron chi connectivity index (χ4n) is 2.58. The number of carbonyl (C=O) groups is 1. The number of ether oxygens (including phenoxy) is 1. The second-order valence-corrected chi connectivity index (χ2v) is 5.86. The first-order valence-electron chi connectivity index (χ1n) is 7.11. The fraction of sp³-hybridized carbons (Fsp3) is 0.643. The van der Waals surface area contributed by atoms with Crippen molar-refractivity contribution in [2.45, 2.75) is 50.5 Å². The van der Waals surface area contributed by atoms with Gasteiger partial charge in [0.15, 0.2) is 5.69 Å². The van der Waals surface area contributed by atoms with Gasteiger partial charge in [-0.05, 0) is 25.7 Å². The molecule has 0 saturated heterocycles. The topological polar surface area (TPSA) is 64.1 Å². The predicted molar refractivity (Wildman–Crippen MR) is 76.2 cm³/mol. The maximum absolute atomic E-state index is 11.8. The van der Waals surface area contributed by atoms with E-state index in [1.165, 1.54) is 20.0 Å². The maximum atomic E-state index is 11.8. The molecule has 0 unspecified atom stereocenters. The van der Waals surface area contributed by atoms with Gasteiger partial charge in [0.1, 0.15) is 16.7 Å². The monoisotopic (exact) mass is 295 g/mol. The molecule has 2 aliphatic rings. The van der Waals surface area contributed by atoms with Gasteiger partial charge < -0.3 is 10.1 Å². The van der Waals surface area contributed by atoms with Crippen LogP contribution in [0.15, 0.2) is 0 Å². The number of aromatic nitrogens is 2. The van der Waals surface area contributed by atoms with Gasteiger partial charge in [0.2, 0.25) is 0 Å². The summed E-state index contributed by atoms with van der Waals surface area (Å²) in [5, 5.41) is 3.63. The number of methoxy groups -OCH3 is 1. The minimum Gasteiger partial charge on any atom is -0.464 e. The van der Waals surface area contributed by atoms with Gasteiger partial charge in [0.05, 0.1) is 7.11 Å². The van der Waals surface area contributed by atoms with E-state index in [2.05, 4.69) is 15.3 Å². The Balaban J connectivity index is 1.93. The van der Waals surface area contributed by atoms with Crippen molar-refractivity contribution in [3.8, 4) is 0 Å². The SMILES string of the molecule is COC(=O)c1nc(C2CC2)nc(NC2CCCC2)c1Cl.